The van der Waals surface area contributed by atoms with E-state index in [0.717, 1.165) is 16.7 Å². The largest absolute Gasteiger partial charge is 0.496 e. The van der Waals surface area contributed by atoms with Crippen LogP contribution in [0.15, 0.2) is 36.4 Å². The van der Waals surface area contributed by atoms with Gasteiger partial charge in [0.2, 0.25) is 0 Å². The molecule has 0 spiro atoms. The number of nitrogens with zero attached hydrogens (tertiary/aromatic N) is 1. The number of rotatable bonds is 6. The van der Waals surface area contributed by atoms with Gasteiger partial charge in [0.1, 0.15) is 5.75 Å². The van der Waals surface area contributed by atoms with Gasteiger partial charge in [-0.1, -0.05) is 30.3 Å². The van der Waals surface area contributed by atoms with Gasteiger partial charge in [-0.15, -0.1) is 0 Å². The van der Waals surface area contributed by atoms with Crippen LogP contribution in [-0.4, -0.2) is 43.9 Å². The zero-order valence-electron chi connectivity index (χ0n) is 12.0. The van der Waals surface area contributed by atoms with Crippen molar-refractivity contribution in [3.05, 3.63) is 42.0 Å². The van der Waals surface area contributed by atoms with Crippen LogP contribution >= 0.6 is 0 Å². The summed E-state index contributed by atoms with van der Waals surface area (Å²) >= 11 is 0. The van der Waals surface area contributed by atoms with Gasteiger partial charge >= 0.3 is 0 Å². The Labute approximate surface area is 119 Å². The first kappa shape index (κ1) is 14.8. The molecule has 4 heteroatoms. The van der Waals surface area contributed by atoms with E-state index in [1.54, 1.807) is 7.11 Å². The predicted octanol–water partition coefficient (Wildman–Crippen LogP) is 1.77. The molecule has 1 unspecified atom stereocenters. The van der Waals surface area contributed by atoms with Gasteiger partial charge < -0.3 is 15.6 Å². The second-order valence-corrected chi connectivity index (χ2v) is 4.86. The van der Waals surface area contributed by atoms with Crippen LogP contribution in [0.4, 0.5) is 0 Å². The molecule has 0 aliphatic heterocycles. The minimum Gasteiger partial charge on any atom is -0.496 e. The number of fused-ring (bicyclic) bond motifs is 1. The summed E-state index contributed by atoms with van der Waals surface area (Å²) in [5, 5.41) is 11.5. The lowest BCUT2D eigenvalue weighted by molar-refractivity contribution is 0.182. The van der Waals surface area contributed by atoms with Crippen molar-refractivity contribution < 1.29 is 9.84 Å². The Morgan fingerprint density at radius 2 is 2.00 bits per heavy atom. The number of benzene rings is 2. The number of nitrogens with two attached hydrogens (primary N) is 1. The Balaban J connectivity index is 2.59. The van der Waals surface area contributed by atoms with E-state index in [2.05, 4.69) is 23.1 Å². The molecule has 0 bridgehead atoms. The number of hydrogen-bond acceptors (Lipinski definition) is 4. The van der Waals surface area contributed by atoms with Gasteiger partial charge in [0, 0.05) is 18.7 Å². The first-order valence-electron chi connectivity index (χ1n) is 6.79. The van der Waals surface area contributed by atoms with E-state index in [4.69, 9.17) is 15.6 Å². The van der Waals surface area contributed by atoms with E-state index in [9.17, 15) is 0 Å². The molecule has 108 valence electrons. The molecule has 0 fully saturated rings. The van der Waals surface area contributed by atoms with Gasteiger partial charge in [0.05, 0.1) is 19.8 Å². The second kappa shape index (κ2) is 6.70. The zero-order valence-corrected chi connectivity index (χ0v) is 12.0. The summed E-state index contributed by atoms with van der Waals surface area (Å²) in [5.74, 6) is 0.837. The van der Waals surface area contributed by atoms with Crippen LogP contribution in [0.1, 0.15) is 11.6 Å². The number of methoxy groups -OCH3 is 1. The second-order valence-electron chi connectivity index (χ2n) is 4.86. The Kier molecular flexibility index (Phi) is 4.95. The molecule has 2 aromatic rings. The van der Waals surface area contributed by atoms with E-state index in [1.807, 2.05) is 25.2 Å². The van der Waals surface area contributed by atoms with E-state index < -0.39 is 0 Å². The standard InChI is InChI=1S/C16H22N2O2/c1-18(9-10-19)14(11-17)16-13-6-4-3-5-12(13)7-8-15(16)20-2/h3-8,14,19H,9-11,17H2,1-2H3. The van der Waals surface area contributed by atoms with Gasteiger partial charge in [-0.05, 0) is 23.9 Å². The van der Waals surface area contributed by atoms with Crippen molar-refractivity contribution in [2.45, 2.75) is 6.04 Å². The molecule has 0 radical (unpaired) electrons. The van der Waals surface area contributed by atoms with Gasteiger partial charge in [0.25, 0.3) is 0 Å². The maximum absolute atomic E-state index is 9.15. The maximum Gasteiger partial charge on any atom is 0.124 e. The third kappa shape index (κ3) is 2.77. The van der Waals surface area contributed by atoms with Gasteiger partial charge in [-0.25, -0.2) is 0 Å². The van der Waals surface area contributed by atoms with Gasteiger partial charge in [-0.3, -0.25) is 4.90 Å². The predicted molar refractivity (Wildman–Crippen MR) is 82.0 cm³/mol. The summed E-state index contributed by atoms with van der Waals surface area (Å²) in [6.45, 7) is 1.16. The smallest absolute Gasteiger partial charge is 0.124 e. The van der Waals surface area contributed by atoms with E-state index in [-0.39, 0.29) is 12.6 Å². The lowest BCUT2D eigenvalue weighted by atomic mass is 9.96. The van der Waals surface area contributed by atoms with Gasteiger partial charge in [-0.2, -0.15) is 0 Å². The highest BCUT2D eigenvalue weighted by Gasteiger charge is 2.21. The average molecular weight is 274 g/mol. The van der Waals surface area contributed by atoms with E-state index in [0.29, 0.717) is 13.1 Å². The van der Waals surface area contributed by atoms with Crippen molar-refractivity contribution in [1.82, 2.24) is 4.90 Å². The highest BCUT2D eigenvalue weighted by atomic mass is 16.5. The Morgan fingerprint density at radius 1 is 1.25 bits per heavy atom. The molecular formula is C16H22N2O2. The van der Waals surface area contributed by atoms with Crippen molar-refractivity contribution in [3.63, 3.8) is 0 Å². The molecule has 0 saturated carbocycles. The van der Waals surface area contributed by atoms with Crippen LogP contribution in [0.3, 0.4) is 0 Å². The van der Waals surface area contributed by atoms with Crippen molar-refractivity contribution >= 4 is 10.8 Å². The van der Waals surface area contributed by atoms with Crippen LogP contribution in [0, 0.1) is 0 Å². The monoisotopic (exact) mass is 274 g/mol. The van der Waals surface area contributed by atoms with Crippen LogP contribution in [0.2, 0.25) is 0 Å². The summed E-state index contributed by atoms with van der Waals surface area (Å²) in [7, 11) is 3.64. The number of aliphatic hydroxyl groups excluding tert-OH is 1. The fourth-order valence-electron chi connectivity index (χ4n) is 2.63. The summed E-state index contributed by atoms with van der Waals surface area (Å²) < 4.78 is 5.52. The maximum atomic E-state index is 9.15. The first-order chi connectivity index (χ1) is 9.72. The van der Waals surface area contributed by atoms with E-state index >= 15 is 0 Å². The molecule has 4 nitrogen and oxygen atoms in total. The fourth-order valence-corrected chi connectivity index (χ4v) is 2.63. The Bertz CT molecular complexity index is 571. The molecule has 0 amide bonds. The molecule has 1 atom stereocenters. The zero-order chi connectivity index (χ0) is 14.5. The normalized spacial score (nSPS) is 12.8. The molecule has 2 aromatic carbocycles. The van der Waals surface area contributed by atoms with Crippen molar-refractivity contribution in [2.75, 3.05) is 33.9 Å². The van der Waals surface area contributed by atoms with Crippen LogP contribution in [0.5, 0.6) is 5.75 Å². The topological polar surface area (TPSA) is 58.7 Å². The number of aliphatic hydroxyl groups is 1. The third-order valence-electron chi connectivity index (χ3n) is 3.69. The molecule has 0 heterocycles. The first-order valence-corrected chi connectivity index (χ1v) is 6.79. The van der Waals surface area contributed by atoms with Crippen LogP contribution in [0.25, 0.3) is 10.8 Å². The lowest BCUT2D eigenvalue weighted by Gasteiger charge is -2.29. The number of ether oxygens (including phenoxy) is 1. The summed E-state index contributed by atoms with van der Waals surface area (Å²) in [4.78, 5) is 2.06. The van der Waals surface area contributed by atoms with Crippen molar-refractivity contribution in [1.29, 1.82) is 0 Å². The summed E-state index contributed by atoms with van der Waals surface area (Å²) in [6.07, 6.45) is 0. The molecule has 0 aliphatic rings. The highest BCUT2D eigenvalue weighted by molar-refractivity contribution is 5.88. The van der Waals surface area contributed by atoms with Gasteiger partial charge in [0.15, 0.2) is 0 Å². The van der Waals surface area contributed by atoms with E-state index in [1.165, 1.54) is 5.39 Å². The molecule has 0 aliphatic carbocycles. The number of hydrogen-bond donors (Lipinski definition) is 2. The number of likely N-dealkylation sites (N-methyl/N-ethyl adjacent to an activating group) is 1. The highest BCUT2D eigenvalue weighted by Crippen LogP contribution is 2.34. The Hall–Kier alpha value is -1.62. The quantitative estimate of drug-likeness (QED) is 0.843. The summed E-state index contributed by atoms with van der Waals surface area (Å²) in [6, 6.07) is 12.3. The van der Waals surface area contributed by atoms with Crippen LogP contribution < -0.4 is 10.5 Å². The molecule has 0 saturated heterocycles. The minimum absolute atomic E-state index is 0.0169. The fraction of sp³-hybridized carbons (Fsp3) is 0.375. The molecule has 3 N–H and O–H groups in total. The van der Waals surface area contributed by atoms with Crippen LogP contribution in [-0.2, 0) is 0 Å². The third-order valence-corrected chi connectivity index (χ3v) is 3.69. The lowest BCUT2D eigenvalue weighted by Crippen LogP contribution is -2.33. The average Bonchev–Trinajstić information content (AvgIpc) is 2.48. The summed E-state index contributed by atoms with van der Waals surface area (Å²) in [5.41, 5.74) is 7.06. The minimum atomic E-state index is 0.0169. The SMILES string of the molecule is COc1ccc2ccccc2c1C(CN)N(C)CCO. The Morgan fingerprint density at radius 3 is 2.65 bits per heavy atom. The molecule has 0 aromatic heterocycles. The molecule has 20 heavy (non-hydrogen) atoms. The molecular weight excluding hydrogens is 252 g/mol. The van der Waals surface area contributed by atoms with Crippen molar-refractivity contribution in [3.8, 4) is 5.75 Å². The van der Waals surface area contributed by atoms with Crippen molar-refractivity contribution in [2.24, 2.45) is 5.73 Å². The molecule has 2 rings (SSSR count).